The fourth-order valence-electron chi connectivity index (χ4n) is 6.07. The van der Waals surface area contributed by atoms with Gasteiger partial charge in [0.25, 0.3) is 0 Å². The minimum Gasteiger partial charge on any atom is -0.493 e. The van der Waals surface area contributed by atoms with Gasteiger partial charge in [0.05, 0.1) is 19.1 Å². The standard InChI is InChI=1S/C31H37N5O4/c1-3-4-16-36(24-7-5-15-34(2)19-24)29(37)21-35-20-25(22-8-10-27-23(18-22)12-17-40-27)30(31(38)39)26(35)9-11-28-32-13-6-14-33-28/h5-8,10,13-15,18-19,25-26,30H,3-4,9,11-12,16-17,20-21H2,1-2H3/p+1/t25-,26+,30?/m1/s1. The summed E-state index contributed by atoms with van der Waals surface area (Å²) in [6.07, 6.45) is 11.1. The van der Waals surface area contributed by atoms with E-state index in [0.29, 0.717) is 38.4 Å². The molecule has 0 aliphatic carbocycles. The molecule has 1 aromatic carbocycles. The maximum absolute atomic E-state index is 13.9. The van der Waals surface area contributed by atoms with E-state index in [0.717, 1.165) is 41.8 Å². The number of carboxylic acid groups (broad SMARTS) is 1. The Labute approximate surface area is 235 Å². The zero-order valence-electron chi connectivity index (χ0n) is 23.3. The van der Waals surface area contributed by atoms with Crippen LogP contribution in [0.2, 0.25) is 0 Å². The molecule has 1 saturated heterocycles. The van der Waals surface area contributed by atoms with Gasteiger partial charge in [-0.15, -0.1) is 0 Å². The van der Waals surface area contributed by atoms with Crippen LogP contribution in [0.3, 0.4) is 0 Å². The van der Waals surface area contributed by atoms with E-state index in [1.165, 1.54) is 0 Å². The third kappa shape index (κ3) is 6.14. The van der Waals surface area contributed by atoms with Gasteiger partial charge in [-0.3, -0.25) is 14.5 Å². The topological polar surface area (TPSA) is 99.7 Å². The van der Waals surface area contributed by atoms with Crippen LogP contribution in [0, 0.1) is 5.92 Å². The van der Waals surface area contributed by atoms with E-state index in [4.69, 9.17) is 4.74 Å². The summed E-state index contributed by atoms with van der Waals surface area (Å²) >= 11 is 0. The second-order valence-corrected chi connectivity index (χ2v) is 10.8. The number of aliphatic carboxylic acids is 1. The van der Waals surface area contributed by atoms with Gasteiger partial charge < -0.3 is 14.7 Å². The maximum atomic E-state index is 13.9. The average molecular weight is 545 g/mol. The molecular weight excluding hydrogens is 506 g/mol. The molecule has 210 valence electrons. The highest BCUT2D eigenvalue weighted by Gasteiger charge is 2.47. The molecule has 3 aromatic rings. The quantitative estimate of drug-likeness (QED) is 0.370. The number of carbonyl (C=O) groups is 2. The van der Waals surface area contributed by atoms with E-state index < -0.39 is 11.9 Å². The number of unbranched alkanes of at least 4 members (excludes halogenated alkanes) is 1. The van der Waals surface area contributed by atoms with Gasteiger partial charge >= 0.3 is 5.97 Å². The summed E-state index contributed by atoms with van der Waals surface area (Å²) in [6, 6.07) is 11.4. The van der Waals surface area contributed by atoms with E-state index in [2.05, 4.69) is 27.9 Å². The second-order valence-electron chi connectivity index (χ2n) is 10.8. The fraction of sp³-hybridized carbons (Fsp3) is 0.452. The lowest BCUT2D eigenvalue weighted by molar-refractivity contribution is -0.670. The molecule has 2 aliphatic rings. The normalized spacial score (nSPS) is 20.2. The van der Waals surface area contributed by atoms with Gasteiger partial charge in [-0.2, -0.15) is 0 Å². The van der Waals surface area contributed by atoms with Crippen LogP contribution in [-0.4, -0.2) is 64.1 Å². The summed E-state index contributed by atoms with van der Waals surface area (Å²) < 4.78 is 7.63. The largest absolute Gasteiger partial charge is 0.493 e. The molecule has 4 heterocycles. The van der Waals surface area contributed by atoms with Crippen molar-refractivity contribution in [2.75, 3.05) is 31.1 Å². The molecule has 1 amide bonds. The van der Waals surface area contributed by atoms with Crippen LogP contribution >= 0.6 is 0 Å². The third-order valence-electron chi connectivity index (χ3n) is 8.07. The minimum absolute atomic E-state index is 0.0206. The molecule has 9 heteroatoms. The Balaban J connectivity index is 1.44. The third-order valence-corrected chi connectivity index (χ3v) is 8.07. The molecule has 0 bridgehead atoms. The number of nitrogens with zero attached hydrogens (tertiary/aromatic N) is 5. The molecule has 1 fully saturated rings. The Morgan fingerprint density at radius 2 is 2.02 bits per heavy atom. The number of aromatic nitrogens is 3. The summed E-state index contributed by atoms with van der Waals surface area (Å²) in [5.74, 6) is -0.202. The number of hydrogen-bond acceptors (Lipinski definition) is 6. The Morgan fingerprint density at radius 3 is 2.77 bits per heavy atom. The first-order valence-corrected chi connectivity index (χ1v) is 14.2. The van der Waals surface area contributed by atoms with Crippen LogP contribution < -0.4 is 14.2 Å². The van der Waals surface area contributed by atoms with Gasteiger partial charge in [0.15, 0.2) is 12.4 Å². The maximum Gasteiger partial charge on any atom is 0.308 e. The van der Waals surface area contributed by atoms with Gasteiger partial charge in [0.2, 0.25) is 5.91 Å². The molecule has 3 atom stereocenters. The highest BCUT2D eigenvalue weighted by atomic mass is 16.5. The number of fused-ring (bicyclic) bond motifs is 1. The van der Waals surface area contributed by atoms with E-state index in [9.17, 15) is 14.7 Å². The zero-order valence-corrected chi connectivity index (χ0v) is 23.3. The monoisotopic (exact) mass is 544 g/mol. The fourth-order valence-corrected chi connectivity index (χ4v) is 6.07. The Hall–Kier alpha value is -3.85. The van der Waals surface area contributed by atoms with E-state index in [1.807, 2.05) is 53.2 Å². The predicted molar refractivity (Wildman–Crippen MR) is 150 cm³/mol. The highest BCUT2D eigenvalue weighted by molar-refractivity contribution is 5.94. The van der Waals surface area contributed by atoms with Crippen molar-refractivity contribution in [2.45, 2.75) is 51.0 Å². The number of ether oxygens (including phenoxy) is 1. The van der Waals surface area contributed by atoms with Crippen molar-refractivity contribution in [3.63, 3.8) is 0 Å². The van der Waals surface area contributed by atoms with Crippen molar-refractivity contribution in [1.82, 2.24) is 14.9 Å². The number of anilines is 1. The van der Waals surface area contributed by atoms with Gasteiger partial charge in [-0.1, -0.05) is 25.5 Å². The van der Waals surface area contributed by atoms with E-state index in [-0.39, 0.29) is 24.4 Å². The lowest BCUT2D eigenvalue weighted by Gasteiger charge is -2.29. The summed E-state index contributed by atoms with van der Waals surface area (Å²) in [7, 11) is 1.94. The molecule has 0 spiro atoms. The number of benzene rings is 1. The average Bonchev–Trinajstić information content (AvgIpc) is 3.57. The van der Waals surface area contributed by atoms with Crippen molar-refractivity contribution in [3.8, 4) is 5.75 Å². The summed E-state index contributed by atoms with van der Waals surface area (Å²) in [4.78, 5) is 39.4. The molecule has 1 unspecified atom stereocenters. The summed E-state index contributed by atoms with van der Waals surface area (Å²) in [5, 5.41) is 10.5. The smallest absolute Gasteiger partial charge is 0.308 e. The number of carbonyl (C=O) groups excluding carboxylic acids is 1. The molecule has 40 heavy (non-hydrogen) atoms. The van der Waals surface area contributed by atoms with Gasteiger partial charge in [-0.05, 0) is 42.2 Å². The van der Waals surface area contributed by atoms with Crippen LogP contribution in [0.1, 0.15) is 49.1 Å². The first-order valence-electron chi connectivity index (χ1n) is 14.2. The van der Waals surface area contributed by atoms with Gasteiger partial charge in [-0.25, -0.2) is 14.5 Å². The van der Waals surface area contributed by atoms with E-state index >= 15 is 0 Å². The van der Waals surface area contributed by atoms with Crippen molar-refractivity contribution in [3.05, 3.63) is 78.1 Å². The Kier molecular flexibility index (Phi) is 8.69. The van der Waals surface area contributed by atoms with Crippen LogP contribution in [0.15, 0.2) is 61.2 Å². The van der Waals surface area contributed by atoms with Crippen molar-refractivity contribution in [1.29, 1.82) is 0 Å². The molecule has 9 nitrogen and oxygen atoms in total. The number of rotatable bonds is 11. The first kappa shape index (κ1) is 27.7. The van der Waals surface area contributed by atoms with Crippen molar-refractivity contribution in [2.24, 2.45) is 13.0 Å². The molecule has 2 aliphatic heterocycles. The number of hydrogen-bond donors (Lipinski definition) is 1. The summed E-state index contributed by atoms with van der Waals surface area (Å²) in [6.45, 7) is 4.02. The molecule has 2 aromatic heterocycles. The SMILES string of the molecule is CCCCN(C(=O)CN1C[C@H](c2ccc3c(c2)CCO3)C(C(=O)O)[C@@H]1CCc1ncccn1)c1ccc[n+](C)c1. The molecular formula is C31H38N5O4+. The minimum atomic E-state index is -0.839. The predicted octanol–water partition coefficient (Wildman–Crippen LogP) is 3.17. The molecule has 0 radical (unpaired) electrons. The molecule has 0 saturated carbocycles. The number of likely N-dealkylation sites (tertiary alicyclic amines) is 1. The van der Waals surface area contributed by atoms with Crippen LogP contribution in [0.4, 0.5) is 5.69 Å². The van der Waals surface area contributed by atoms with Crippen molar-refractivity contribution >= 4 is 17.6 Å². The number of pyridine rings is 1. The highest BCUT2D eigenvalue weighted by Crippen LogP contribution is 2.41. The lowest BCUT2D eigenvalue weighted by atomic mass is 9.83. The number of aryl methyl sites for hydroxylation is 2. The zero-order chi connectivity index (χ0) is 28.1. The first-order chi connectivity index (χ1) is 19.4. The summed E-state index contributed by atoms with van der Waals surface area (Å²) in [5.41, 5.74) is 2.96. The van der Waals surface area contributed by atoms with Crippen LogP contribution in [0.5, 0.6) is 5.75 Å². The number of carboxylic acids is 1. The Morgan fingerprint density at radius 1 is 1.20 bits per heavy atom. The number of amides is 1. The lowest BCUT2D eigenvalue weighted by Crippen LogP contribution is -2.45. The van der Waals surface area contributed by atoms with Gasteiger partial charge in [0, 0.05) is 56.4 Å². The molecule has 1 N–H and O–H groups in total. The van der Waals surface area contributed by atoms with Crippen molar-refractivity contribution < 1.29 is 24.0 Å². The van der Waals surface area contributed by atoms with Crippen LogP contribution in [-0.2, 0) is 29.5 Å². The van der Waals surface area contributed by atoms with Crippen LogP contribution in [0.25, 0.3) is 0 Å². The van der Waals surface area contributed by atoms with Gasteiger partial charge in [0.1, 0.15) is 24.3 Å². The molecule has 5 rings (SSSR count). The Bertz CT molecular complexity index is 1330. The second kappa shape index (κ2) is 12.6. The van der Waals surface area contributed by atoms with E-state index in [1.54, 1.807) is 18.5 Å².